The van der Waals surface area contributed by atoms with Gasteiger partial charge in [0.15, 0.2) is 0 Å². The standard InChI is InChI=1S/C7H8INO2S/c1-12(10,11)9-7-4-2-6(8)3-5-7/h2-5,9H,1H3. The molecule has 0 bridgehead atoms. The van der Waals surface area contributed by atoms with Crippen molar-refractivity contribution in [2.24, 2.45) is 0 Å². The number of nitrogens with one attached hydrogen (secondary N) is 1. The maximum atomic E-state index is 10.8. The Balaban J connectivity index is 2.85. The molecule has 1 aromatic rings. The van der Waals surface area contributed by atoms with Crippen molar-refractivity contribution in [2.45, 2.75) is 0 Å². The number of hydrogen-bond acceptors (Lipinski definition) is 2. The lowest BCUT2D eigenvalue weighted by Gasteiger charge is -2.02. The fourth-order valence-corrected chi connectivity index (χ4v) is 1.66. The van der Waals surface area contributed by atoms with Crippen molar-refractivity contribution in [1.29, 1.82) is 0 Å². The minimum Gasteiger partial charge on any atom is -0.284 e. The Hall–Kier alpha value is -0.300. The molecule has 0 saturated heterocycles. The second kappa shape index (κ2) is 3.61. The molecule has 0 atom stereocenters. The summed E-state index contributed by atoms with van der Waals surface area (Å²) in [7, 11) is -3.14. The number of benzene rings is 1. The summed E-state index contributed by atoms with van der Waals surface area (Å²) in [6.07, 6.45) is 1.13. The van der Waals surface area contributed by atoms with Gasteiger partial charge in [0, 0.05) is 9.26 Å². The van der Waals surface area contributed by atoms with Gasteiger partial charge < -0.3 is 0 Å². The first-order chi connectivity index (χ1) is 5.47. The van der Waals surface area contributed by atoms with Gasteiger partial charge in [-0.1, -0.05) is 0 Å². The lowest BCUT2D eigenvalue weighted by Crippen LogP contribution is -2.09. The molecule has 1 N–H and O–H groups in total. The number of sulfonamides is 1. The van der Waals surface area contributed by atoms with E-state index in [1.165, 1.54) is 0 Å². The van der Waals surface area contributed by atoms with Crippen LogP contribution in [0.25, 0.3) is 0 Å². The molecular weight excluding hydrogens is 289 g/mol. The molecule has 0 fully saturated rings. The van der Waals surface area contributed by atoms with Crippen molar-refractivity contribution in [3.05, 3.63) is 27.8 Å². The first-order valence-electron chi connectivity index (χ1n) is 3.21. The summed E-state index contributed by atoms with van der Waals surface area (Å²) < 4.78 is 25.0. The monoisotopic (exact) mass is 297 g/mol. The zero-order valence-electron chi connectivity index (χ0n) is 6.41. The summed E-state index contributed by atoms with van der Waals surface area (Å²) in [6.45, 7) is 0. The summed E-state index contributed by atoms with van der Waals surface area (Å²) in [5.74, 6) is 0. The van der Waals surface area contributed by atoms with Crippen molar-refractivity contribution >= 4 is 38.3 Å². The molecule has 0 aliphatic heterocycles. The second-order valence-corrected chi connectivity index (χ2v) is 5.38. The molecule has 1 aromatic carbocycles. The Bertz CT molecular complexity index is 357. The fourth-order valence-electron chi connectivity index (χ4n) is 0.732. The molecule has 12 heavy (non-hydrogen) atoms. The van der Waals surface area contributed by atoms with Gasteiger partial charge in [-0.25, -0.2) is 8.42 Å². The van der Waals surface area contributed by atoms with Crippen LogP contribution >= 0.6 is 22.6 Å². The van der Waals surface area contributed by atoms with Gasteiger partial charge in [-0.3, -0.25) is 4.72 Å². The Labute approximate surface area is 85.4 Å². The zero-order chi connectivity index (χ0) is 9.19. The first kappa shape index (κ1) is 9.79. The fraction of sp³-hybridized carbons (Fsp3) is 0.143. The Morgan fingerprint density at radius 3 is 2.17 bits per heavy atom. The first-order valence-corrected chi connectivity index (χ1v) is 6.18. The summed E-state index contributed by atoms with van der Waals surface area (Å²) in [5, 5.41) is 0. The molecule has 0 aliphatic rings. The van der Waals surface area contributed by atoms with E-state index in [-0.39, 0.29) is 0 Å². The molecule has 0 radical (unpaired) electrons. The minimum atomic E-state index is -3.14. The number of hydrogen-bond donors (Lipinski definition) is 1. The second-order valence-electron chi connectivity index (χ2n) is 2.38. The van der Waals surface area contributed by atoms with E-state index < -0.39 is 10.0 Å². The van der Waals surface area contributed by atoms with E-state index in [1.54, 1.807) is 12.1 Å². The molecule has 0 spiro atoms. The Morgan fingerprint density at radius 1 is 1.25 bits per heavy atom. The van der Waals surface area contributed by atoms with E-state index >= 15 is 0 Å². The third kappa shape index (κ3) is 3.40. The Morgan fingerprint density at radius 2 is 1.75 bits per heavy atom. The third-order valence-corrected chi connectivity index (χ3v) is 2.47. The van der Waals surface area contributed by atoms with E-state index in [4.69, 9.17) is 0 Å². The van der Waals surface area contributed by atoms with Crippen molar-refractivity contribution in [1.82, 2.24) is 0 Å². The predicted octanol–water partition coefficient (Wildman–Crippen LogP) is 1.66. The maximum Gasteiger partial charge on any atom is 0.229 e. The summed E-state index contributed by atoms with van der Waals surface area (Å²) in [6, 6.07) is 7.13. The molecule has 0 aromatic heterocycles. The van der Waals surface area contributed by atoms with Crippen LogP contribution in [0.5, 0.6) is 0 Å². The van der Waals surface area contributed by atoms with Crippen LogP contribution in [0, 0.1) is 3.57 Å². The lowest BCUT2D eigenvalue weighted by molar-refractivity contribution is 0.607. The topological polar surface area (TPSA) is 46.2 Å². The molecule has 1 rings (SSSR count). The van der Waals surface area contributed by atoms with Gasteiger partial charge in [0.25, 0.3) is 0 Å². The quantitative estimate of drug-likeness (QED) is 0.844. The lowest BCUT2D eigenvalue weighted by atomic mass is 10.3. The summed E-state index contributed by atoms with van der Waals surface area (Å²) in [5.41, 5.74) is 0.595. The van der Waals surface area contributed by atoms with Crippen LogP contribution in [0.3, 0.4) is 0 Å². The van der Waals surface area contributed by atoms with Crippen LogP contribution in [0.2, 0.25) is 0 Å². The van der Waals surface area contributed by atoms with Crippen LogP contribution in [0.4, 0.5) is 5.69 Å². The van der Waals surface area contributed by atoms with Gasteiger partial charge in [-0.15, -0.1) is 0 Å². The zero-order valence-corrected chi connectivity index (χ0v) is 9.39. The Kier molecular flexibility index (Phi) is 2.94. The number of halogens is 1. The van der Waals surface area contributed by atoms with Crippen LogP contribution in [-0.2, 0) is 10.0 Å². The molecule has 5 heteroatoms. The molecule has 0 heterocycles. The van der Waals surface area contributed by atoms with E-state index in [1.807, 2.05) is 12.1 Å². The predicted molar refractivity (Wildman–Crippen MR) is 57.6 cm³/mol. The largest absolute Gasteiger partial charge is 0.284 e. The SMILES string of the molecule is CS(=O)(=O)Nc1ccc(I)cc1. The third-order valence-electron chi connectivity index (χ3n) is 1.15. The van der Waals surface area contributed by atoms with Gasteiger partial charge >= 0.3 is 0 Å². The highest BCUT2D eigenvalue weighted by atomic mass is 127. The van der Waals surface area contributed by atoms with E-state index in [0.29, 0.717) is 5.69 Å². The van der Waals surface area contributed by atoms with Gasteiger partial charge in [-0.05, 0) is 46.9 Å². The number of anilines is 1. The normalized spacial score (nSPS) is 11.2. The van der Waals surface area contributed by atoms with E-state index in [9.17, 15) is 8.42 Å². The van der Waals surface area contributed by atoms with Gasteiger partial charge in [0.05, 0.1) is 6.26 Å². The average molecular weight is 297 g/mol. The summed E-state index contributed by atoms with van der Waals surface area (Å²) in [4.78, 5) is 0. The van der Waals surface area contributed by atoms with Crippen LogP contribution < -0.4 is 4.72 Å². The van der Waals surface area contributed by atoms with E-state index in [2.05, 4.69) is 27.3 Å². The highest BCUT2D eigenvalue weighted by molar-refractivity contribution is 14.1. The minimum absolute atomic E-state index is 0.595. The highest BCUT2D eigenvalue weighted by Crippen LogP contribution is 2.11. The highest BCUT2D eigenvalue weighted by Gasteiger charge is 1.99. The van der Waals surface area contributed by atoms with Gasteiger partial charge in [-0.2, -0.15) is 0 Å². The average Bonchev–Trinajstić information content (AvgIpc) is 1.91. The molecule has 0 aliphatic carbocycles. The van der Waals surface area contributed by atoms with Gasteiger partial charge in [0.1, 0.15) is 0 Å². The smallest absolute Gasteiger partial charge is 0.229 e. The molecule has 66 valence electrons. The molecule has 0 saturated carbocycles. The van der Waals surface area contributed by atoms with Crippen LogP contribution in [0.1, 0.15) is 0 Å². The van der Waals surface area contributed by atoms with Crippen LogP contribution in [-0.4, -0.2) is 14.7 Å². The molecular formula is C7H8INO2S. The summed E-state index contributed by atoms with van der Waals surface area (Å²) >= 11 is 2.16. The molecule has 3 nitrogen and oxygen atoms in total. The maximum absolute atomic E-state index is 10.8. The van der Waals surface area contributed by atoms with Crippen molar-refractivity contribution < 1.29 is 8.42 Å². The van der Waals surface area contributed by atoms with Crippen molar-refractivity contribution in [3.8, 4) is 0 Å². The van der Waals surface area contributed by atoms with E-state index in [0.717, 1.165) is 9.83 Å². The van der Waals surface area contributed by atoms with Gasteiger partial charge in [0.2, 0.25) is 10.0 Å². The van der Waals surface area contributed by atoms with Crippen LogP contribution in [0.15, 0.2) is 24.3 Å². The number of rotatable bonds is 2. The van der Waals surface area contributed by atoms with Crippen molar-refractivity contribution in [2.75, 3.05) is 11.0 Å². The molecule has 0 amide bonds. The molecule has 0 unspecified atom stereocenters. The van der Waals surface area contributed by atoms with Crippen molar-refractivity contribution in [3.63, 3.8) is 0 Å².